The first kappa shape index (κ1) is 16.6. The third-order valence-electron chi connectivity index (χ3n) is 3.44. The van der Waals surface area contributed by atoms with Gasteiger partial charge < -0.3 is 10.4 Å². The third-order valence-corrected chi connectivity index (χ3v) is 5.64. The van der Waals surface area contributed by atoms with E-state index in [1.165, 1.54) is 17.8 Å². The van der Waals surface area contributed by atoms with Crippen molar-refractivity contribution in [2.75, 3.05) is 17.8 Å². The number of thiazole rings is 1. The van der Waals surface area contributed by atoms with Gasteiger partial charge in [-0.05, 0) is 30.7 Å². The van der Waals surface area contributed by atoms with Crippen molar-refractivity contribution >= 4 is 37.9 Å². The van der Waals surface area contributed by atoms with Gasteiger partial charge in [0.15, 0.2) is 5.69 Å². The number of carboxylic acid groups (broad SMARTS) is 1. The second kappa shape index (κ2) is 6.67. The molecule has 0 aromatic carbocycles. The van der Waals surface area contributed by atoms with Crippen molar-refractivity contribution in [3.63, 3.8) is 0 Å². The average Bonchev–Trinajstić information content (AvgIpc) is 3.03. The minimum Gasteiger partial charge on any atom is -0.476 e. The highest BCUT2D eigenvalue weighted by atomic mass is 32.2. The molecule has 2 aromatic heterocycles. The summed E-state index contributed by atoms with van der Waals surface area (Å²) in [6.07, 6.45) is 4.12. The Morgan fingerprint density at radius 2 is 2.17 bits per heavy atom. The highest BCUT2D eigenvalue weighted by Gasteiger charge is 2.21. The number of sulfonamides is 1. The Bertz CT molecular complexity index is 888. The summed E-state index contributed by atoms with van der Waals surface area (Å²) in [5, 5.41) is 12.2. The molecule has 0 aliphatic carbocycles. The van der Waals surface area contributed by atoms with E-state index in [-0.39, 0.29) is 15.6 Å². The molecular formula is C14H14N4O4S2. The molecule has 0 saturated carbocycles. The number of rotatable bonds is 5. The van der Waals surface area contributed by atoms with Crippen LogP contribution >= 0.6 is 11.3 Å². The van der Waals surface area contributed by atoms with E-state index in [9.17, 15) is 13.2 Å². The van der Waals surface area contributed by atoms with Crippen LogP contribution in [0.2, 0.25) is 0 Å². The molecule has 10 heteroatoms. The van der Waals surface area contributed by atoms with Gasteiger partial charge >= 0.3 is 5.97 Å². The lowest BCUT2D eigenvalue weighted by molar-refractivity contribution is 0.0692. The Kier molecular flexibility index (Phi) is 4.60. The summed E-state index contributed by atoms with van der Waals surface area (Å²) < 4.78 is 27.0. The molecule has 0 spiro atoms. The van der Waals surface area contributed by atoms with Crippen LogP contribution in [0.15, 0.2) is 34.8 Å². The van der Waals surface area contributed by atoms with Crippen molar-refractivity contribution in [1.29, 1.82) is 0 Å². The maximum Gasteiger partial charge on any atom is 0.357 e. The van der Waals surface area contributed by atoms with Crippen molar-refractivity contribution in [1.82, 2.24) is 15.3 Å². The van der Waals surface area contributed by atoms with Gasteiger partial charge in [0.25, 0.3) is 10.0 Å². The van der Waals surface area contributed by atoms with Gasteiger partial charge in [0.2, 0.25) is 0 Å². The van der Waals surface area contributed by atoms with Crippen LogP contribution in [-0.4, -0.2) is 42.6 Å². The summed E-state index contributed by atoms with van der Waals surface area (Å²) in [5.74, 6) is -1.29. The standard InChI is InChI=1S/C14H14N4O4S2/c19-14(20)12-13(23-8-17-12)18-24(21,22)10-1-2-11(16-7-10)9-3-5-15-6-4-9/h1-3,7-8,15,18H,4-6H2,(H,19,20). The Morgan fingerprint density at radius 3 is 2.79 bits per heavy atom. The first-order chi connectivity index (χ1) is 11.5. The molecule has 1 aliphatic rings. The molecule has 24 heavy (non-hydrogen) atoms. The van der Waals surface area contributed by atoms with E-state index in [4.69, 9.17) is 5.11 Å². The van der Waals surface area contributed by atoms with Gasteiger partial charge in [-0.25, -0.2) is 18.2 Å². The van der Waals surface area contributed by atoms with Gasteiger partial charge in [0.1, 0.15) is 9.90 Å². The topological polar surface area (TPSA) is 121 Å². The number of hydrogen-bond donors (Lipinski definition) is 3. The lowest BCUT2D eigenvalue weighted by Gasteiger charge is -2.13. The zero-order valence-electron chi connectivity index (χ0n) is 12.4. The van der Waals surface area contributed by atoms with E-state index in [1.807, 2.05) is 6.08 Å². The Labute approximate surface area is 142 Å². The number of nitrogens with zero attached hydrogens (tertiary/aromatic N) is 2. The molecule has 0 saturated heterocycles. The fourth-order valence-corrected chi connectivity index (χ4v) is 4.17. The number of anilines is 1. The lowest BCUT2D eigenvalue weighted by atomic mass is 10.1. The maximum absolute atomic E-state index is 12.4. The fraction of sp³-hybridized carbons (Fsp3) is 0.214. The van der Waals surface area contributed by atoms with Crippen LogP contribution < -0.4 is 10.0 Å². The zero-order valence-corrected chi connectivity index (χ0v) is 14.0. The van der Waals surface area contributed by atoms with E-state index in [0.717, 1.165) is 42.1 Å². The second-order valence-electron chi connectivity index (χ2n) is 5.00. The molecule has 3 rings (SSSR count). The summed E-state index contributed by atoms with van der Waals surface area (Å²) in [6.45, 7) is 1.63. The number of pyridine rings is 1. The van der Waals surface area contributed by atoms with E-state index in [0.29, 0.717) is 0 Å². The third kappa shape index (κ3) is 3.45. The van der Waals surface area contributed by atoms with Gasteiger partial charge in [0, 0.05) is 12.7 Å². The number of hydrogen-bond acceptors (Lipinski definition) is 7. The molecule has 2 aromatic rings. The number of carbonyl (C=O) groups is 1. The van der Waals surface area contributed by atoms with Gasteiger partial charge in [-0.15, -0.1) is 11.3 Å². The molecule has 8 nitrogen and oxygen atoms in total. The van der Waals surface area contributed by atoms with E-state index in [2.05, 4.69) is 20.0 Å². The summed E-state index contributed by atoms with van der Waals surface area (Å²) in [6, 6.07) is 3.10. The van der Waals surface area contributed by atoms with E-state index < -0.39 is 16.0 Å². The quantitative estimate of drug-likeness (QED) is 0.731. The molecular weight excluding hydrogens is 352 g/mol. The van der Waals surface area contributed by atoms with Crippen LogP contribution in [0, 0.1) is 0 Å². The number of carboxylic acids is 1. The second-order valence-corrected chi connectivity index (χ2v) is 7.54. The monoisotopic (exact) mass is 366 g/mol. The first-order valence-corrected chi connectivity index (χ1v) is 9.39. The van der Waals surface area contributed by atoms with Crippen LogP contribution in [0.25, 0.3) is 5.57 Å². The molecule has 3 N–H and O–H groups in total. The van der Waals surface area contributed by atoms with Crippen LogP contribution in [0.4, 0.5) is 5.00 Å². The molecule has 0 bridgehead atoms. The van der Waals surface area contributed by atoms with Crippen molar-refractivity contribution in [2.24, 2.45) is 0 Å². The Hall–Kier alpha value is -2.30. The molecule has 0 atom stereocenters. The smallest absolute Gasteiger partial charge is 0.357 e. The normalized spacial score (nSPS) is 14.9. The average molecular weight is 366 g/mol. The van der Waals surface area contributed by atoms with Crippen molar-refractivity contribution in [3.05, 3.63) is 41.3 Å². The Morgan fingerprint density at radius 1 is 1.33 bits per heavy atom. The fourth-order valence-electron chi connectivity index (χ4n) is 2.24. The zero-order chi connectivity index (χ0) is 17.2. The summed E-state index contributed by atoms with van der Waals surface area (Å²) in [5.41, 5.74) is 2.75. The van der Waals surface area contributed by atoms with Crippen molar-refractivity contribution in [2.45, 2.75) is 11.3 Å². The van der Waals surface area contributed by atoms with Gasteiger partial charge in [0.05, 0.1) is 11.2 Å². The van der Waals surface area contributed by atoms with Crippen LogP contribution in [-0.2, 0) is 10.0 Å². The van der Waals surface area contributed by atoms with Crippen LogP contribution in [0.3, 0.4) is 0 Å². The Balaban J connectivity index is 1.83. The molecule has 0 fully saturated rings. The first-order valence-electron chi connectivity index (χ1n) is 7.03. The molecule has 126 valence electrons. The van der Waals surface area contributed by atoms with E-state index in [1.54, 1.807) is 6.07 Å². The summed E-state index contributed by atoms with van der Waals surface area (Å²) in [7, 11) is -3.92. The predicted molar refractivity (Wildman–Crippen MR) is 89.6 cm³/mol. The summed E-state index contributed by atoms with van der Waals surface area (Å²) >= 11 is 0.907. The van der Waals surface area contributed by atoms with Crippen LogP contribution in [0.1, 0.15) is 22.6 Å². The van der Waals surface area contributed by atoms with Gasteiger partial charge in [-0.3, -0.25) is 9.71 Å². The minimum atomic E-state index is -3.92. The highest BCUT2D eigenvalue weighted by molar-refractivity contribution is 7.93. The number of nitrogens with one attached hydrogen (secondary N) is 2. The highest BCUT2D eigenvalue weighted by Crippen LogP contribution is 2.24. The summed E-state index contributed by atoms with van der Waals surface area (Å²) in [4.78, 5) is 18.8. The lowest BCUT2D eigenvalue weighted by Crippen LogP contribution is -2.20. The van der Waals surface area contributed by atoms with Gasteiger partial charge in [-0.1, -0.05) is 6.08 Å². The molecule has 0 unspecified atom stereocenters. The maximum atomic E-state index is 12.4. The van der Waals surface area contributed by atoms with E-state index >= 15 is 0 Å². The molecule has 1 aliphatic heterocycles. The van der Waals surface area contributed by atoms with Crippen molar-refractivity contribution < 1.29 is 18.3 Å². The molecule has 0 amide bonds. The molecule has 0 radical (unpaired) electrons. The number of aromatic carboxylic acids is 1. The van der Waals surface area contributed by atoms with Crippen molar-refractivity contribution in [3.8, 4) is 0 Å². The van der Waals surface area contributed by atoms with Gasteiger partial charge in [-0.2, -0.15) is 0 Å². The predicted octanol–water partition coefficient (Wildman–Crippen LogP) is 1.41. The number of aromatic nitrogens is 2. The minimum absolute atomic E-state index is 0.0346. The largest absolute Gasteiger partial charge is 0.476 e. The molecule has 3 heterocycles. The van der Waals surface area contributed by atoms with Crippen LogP contribution in [0.5, 0.6) is 0 Å². The SMILES string of the molecule is O=C(O)c1ncsc1NS(=O)(=O)c1ccc(C2=CCNCC2)nc1.